The fourth-order valence-electron chi connectivity index (χ4n) is 2.37. The Kier molecular flexibility index (Phi) is 5.18. The first-order chi connectivity index (χ1) is 11.3. The molecular weight excluding hydrogens is 312 g/mol. The van der Waals surface area contributed by atoms with E-state index < -0.39 is 30.4 Å². The smallest absolute Gasteiger partial charge is 0.323 e. The van der Waals surface area contributed by atoms with Gasteiger partial charge < -0.3 is 15.3 Å². The fourth-order valence-corrected chi connectivity index (χ4v) is 2.37. The van der Waals surface area contributed by atoms with Crippen LogP contribution in [0.4, 0.5) is 0 Å². The number of benzene rings is 1. The lowest BCUT2D eigenvalue weighted by molar-refractivity contribution is -0.146. The second-order valence-electron chi connectivity index (χ2n) is 5.77. The number of hydrogen-bond acceptors (Lipinski definition) is 4. The Labute approximate surface area is 138 Å². The Morgan fingerprint density at radius 3 is 2.54 bits per heavy atom. The number of aromatic nitrogens is 2. The minimum absolute atomic E-state index is 0.194. The van der Waals surface area contributed by atoms with Crippen LogP contribution < -0.4 is 5.32 Å². The first-order valence-electron chi connectivity index (χ1n) is 7.57. The van der Waals surface area contributed by atoms with Gasteiger partial charge in [0.15, 0.2) is 5.69 Å². The fraction of sp³-hybridized carbons (Fsp3) is 0.375. The molecule has 1 aromatic heterocycles. The predicted octanol–water partition coefficient (Wildman–Crippen LogP) is 1.00. The molecule has 0 saturated carbocycles. The van der Waals surface area contributed by atoms with Crippen molar-refractivity contribution in [2.45, 2.75) is 32.9 Å². The molecule has 0 fully saturated rings. The molecule has 0 radical (unpaired) electrons. The van der Waals surface area contributed by atoms with Gasteiger partial charge in [0.05, 0.1) is 5.52 Å². The molecule has 1 aromatic carbocycles. The lowest BCUT2D eigenvalue weighted by atomic mass is 10.2. The quantitative estimate of drug-likeness (QED) is 0.730. The summed E-state index contributed by atoms with van der Waals surface area (Å²) in [6, 6.07) is 6.00. The Bertz CT molecular complexity index is 768. The third kappa shape index (κ3) is 3.70. The summed E-state index contributed by atoms with van der Waals surface area (Å²) in [6.07, 6.45) is 0. The van der Waals surface area contributed by atoms with Gasteiger partial charge in [-0.05, 0) is 26.8 Å². The standard InChI is InChI=1S/C16H20N4O4/c1-9(2)20(8-13(21)22)16(24)10(3)17-15(23)14-11-6-4-5-7-12(11)18-19-14/h4-7,9-10H,8H2,1-3H3,(H,17,23)(H,18,19)(H,21,22). The van der Waals surface area contributed by atoms with E-state index in [0.717, 1.165) is 5.52 Å². The summed E-state index contributed by atoms with van der Waals surface area (Å²) in [7, 11) is 0. The van der Waals surface area contributed by atoms with Gasteiger partial charge in [-0.1, -0.05) is 18.2 Å². The molecule has 1 heterocycles. The number of nitrogens with one attached hydrogen (secondary N) is 2. The SMILES string of the molecule is CC(NC(=O)c1n[nH]c2ccccc12)C(=O)N(CC(=O)O)C(C)C. The van der Waals surface area contributed by atoms with Crippen LogP contribution in [-0.2, 0) is 9.59 Å². The van der Waals surface area contributed by atoms with Crippen LogP contribution in [0.1, 0.15) is 31.3 Å². The van der Waals surface area contributed by atoms with Crippen LogP contribution in [0.5, 0.6) is 0 Å². The van der Waals surface area contributed by atoms with Crippen LogP contribution in [0.15, 0.2) is 24.3 Å². The summed E-state index contributed by atoms with van der Waals surface area (Å²) in [5, 5.41) is 18.9. The molecule has 3 N–H and O–H groups in total. The highest BCUT2D eigenvalue weighted by molar-refractivity contribution is 6.06. The van der Waals surface area contributed by atoms with Crippen molar-refractivity contribution in [2.24, 2.45) is 0 Å². The number of carbonyl (C=O) groups excluding carboxylic acids is 2. The Hall–Kier alpha value is -2.90. The zero-order valence-corrected chi connectivity index (χ0v) is 13.7. The second-order valence-corrected chi connectivity index (χ2v) is 5.77. The van der Waals surface area contributed by atoms with Gasteiger partial charge in [0.25, 0.3) is 5.91 Å². The molecule has 1 atom stereocenters. The summed E-state index contributed by atoms with van der Waals surface area (Å²) in [6.45, 7) is 4.54. The molecule has 0 aliphatic carbocycles. The van der Waals surface area contributed by atoms with Crippen LogP contribution >= 0.6 is 0 Å². The second kappa shape index (κ2) is 7.12. The van der Waals surface area contributed by atoms with Gasteiger partial charge in [-0.15, -0.1) is 0 Å². The molecule has 0 aliphatic heterocycles. The van der Waals surface area contributed by atoms with Gasteiger partial charge in [-0.3, -0.25) is 19.5 Å². The number of amides is 2. The summed E-state index contributed by atoms with van der Waals surface area (Å²) in [5.74, 6) is -2.05. The summed E-state index contributed by atoms with van der Waals surface area (Å²) in [5.41, 5.74) is 0.913. The number of carboxylic acids is 1. The van der Waals surface area contributed by atoms with Crippen LogP contribution in [0.2, 0.25) is 0 Å². The molecule has 2 aromatic rings. The van der Waals surface area contributed by atoms with Crippen molar-refractivity contribution in [1.29, 1.82) is 0 Å². The molecule has 128 valence electrons. The number of rotatable bonds is 6. The van der Waals surface area contributed by atoms with E-state index in [0.29, 0.717) is 5.39 Å². The molecule has 24 heavy (non-hydrogen) atoms. The Balaban J connectivity index is 2.12. The number of H-pyrrole nitrogens is 1. The highest BCUT2D eigenvalue weighted by atomic mass is 16.4. The van der Waals surface area contributed by atoms with Crippen LogP contribution in [0.3, 0.4) is 0 Å². The first-order valence-corrected chi connectivity index (χ1v) is 7.57. The van der Waals surface area contributed by atoms with E-state index in [1.54, 1.807) is 32.0 Å². The van der Waals surface area contributed by atoms with E-state index >= 15 is 0 Å². The summed E-state index contributed by atoms with van der Waals surface area (Å²) in [4.78, 5) is 36.9. The van der Waals surface area contributed by atoms with Gasteiger partial charge >= 0.3 is 5.97 Å². The van der Waals surface area contributed by atoms with Crippen LogP contribution in [-0.4, -0.2) is 56.6 Å². The highest BCUT2D eigenvalue weighted by Gasteiger charge is 2.27. The van der Waals surface area contributed by atoms with Crippen molar-refractivity contribution in [2.75, 3.05) is 6.54 Å². The molecule has 8 nitrogen and oxygen atoms in total. The van der Waals surface area contributed by atoms with E-state index in [1.807, 2.05) is 6.07 Å². The van der Waals surface area contributed by atoms with Crippen molar-refractivity contribution in [3.63, 3.8) is 0 Å². The largest absolute Gasteiger partial charge is 0.480 e. The van der Waals surface area contributed by atoms with Crippen molar-refractivity contribution in [3.05, 3.63) is 30.0 Å². The lowest BCUT2D eigenvalue weighted by Crippen LogP contribution is -2.50. The van der Waals surface area contributed by atoms with Crippen molar-refractivity contribution >= 4 is 28.7 Å². The maximum Gasteiger partial charge on any atom is 0.323 e. The molecule has 1 unspecified atom stereocenters. The van der Waals surface area contributed by atoms with Crippen molar-refractivity contribution in [3.8, 4) is 0 Å². The zero-order valence-electron chi connectivity index (χ0n) is 13.7. The Morgan fingerprint density at radius 1 is 1.25 bits per heavy atom. The third-order valence-electron chi connectivity index (χ3n) is 3.62. The molecule has 8 heteroatoms. The monoisotopic (exact) mass is 332 g/mol. The third-order valence-corrected chi connectivity index (χ3v) is 3.62. The topological polar surface area (TPSA) is 115 Å². The van der Waals surface area contributed by atoms with E-state index in [2.05, 4.69) is 15.5 Å². The minimum Gasteiger partial charge on any atom is -0.480 e. The molecule has 0 saturated heterocycles. The van der Waals surface area contributed by atoms with Gasteiger partial charge in [0.2, 0.25) is 5.91 Å². The molecular formula is C16H20N4O4. The van der Waals surface area contributed by atoms with Gasteiger partial charge in [-0.25, -0.2) is 0 Å². The highest BCUT2D eigenvalue weighted by Crippen LogP contribution is 2.15. The van der Waals surface area contributed by atoms with Gasteiger partial charge in [-0.2, -0.15) is 5.10 Å². The van der Waals surface area contributed by atoms with Crippen LogP contribution in [0, 0.1) is 0 Å². The van der Waals surface area contributed by atoms with Crippen molar-refractivity contribution in [1.82, 2.24) is 20.4 Å². The number of fused-ring (bicyclic) bond motifs is 1. The maximum atomic E-state index is 12.4. The minimum atomic E-state index is -1.10. The predicted molar refractivity (Wildman–Crippen MR) is 87.5 cm³/mol. The molecule has 0 bridgehead atoms. The average molecular weight is 332 g/mol. The van der Waals surface area contributed by atoms with Crippen LogP contribution in [0.25, 0.3) is 10.9 Å². The summed E-state index contributed by atoms with van der Waals surface area (Å²) >= 11 is 0. The van der Waals surface area contributed by atoms with E-state index in [9.17, 15) is 14.4 Å². The number of aromatic amines is 1. The maximum absolute atomic E-state index is 12.4. The number of carboxylic acid groups (broad SMARTS) is 1. The van der Waals surface area contributed by atoms with Gasteiger partial charge in [0.1, 0.15) is 12.6 Å². The van der Waals surface area contributed by atoms with Crippen molar-refractivity contribution < 1.29 is 19.5 Å². The number of para-hydroxylation sites is 1. The Morgan fingerprint density at radius 2 is 1.92 bits per heavy atom. The number of carbonyl (C=O) groups is 3. The number of nitrogens with zero attached hydrogens (tertiary/aromatic N) is 2. The molecule has 2 rings (SSSR count). The molecule has 0 spiro atoms. The molecule has 0 aliphatic rings. The number of hydrogen-bond donors (Lipinski definition) is 3. The first kappa shape index (κ1) is 17.5. The lowest BCUT2D eigenvalue weighted by Gasteiger charge is -2.28. The van der Waals surface area contributed by atoms with E-state index in [4.69, 9.17) is 5.11 Å². The van der Waals surface area contributed by atoms with Gasteiger partial charge in [0, 0.05) is 11.4 Å². The summed E-state index contributed by atoms with van der Waals surface area (Å²) < 4.78 is 0. The van der Waals surface area contributed by atoms with E-state index in [1.165, 1.54) is 11.8 Å². The number of aliphatic carboxylic acids is 1. The zero-order chi connectivity index (χ0) is 17.9. The average Bonchev–Trinajstić information content (AvgIpc) is 2.95. The molecule has 2 amide bonds. The normalized spacial score (nSPS) is 12.2. The van der Waals surface area contributed by atoms with E-state index in [-0.39, 0.29) is 11.7 Å².